The lowest BCUT2D eigenvalue weighted by Gasteiger charge is -2.16. The molecule has 0 spiro atoms. The second-order valence-corrected chi connectivity index (χ2v) is 4.73. The van der Waals surface area contributed by atoms with Crippen LogP contribution in [-0.4, -0.2) is 38.9 Å². The van der Waals surface area contributed by atoms with Gasteiger partial charge in [-0.3, -0.25) is 10.00 Å². The molecule has 19 heavy (non-hydrogen) atoms. The Morgan fingerprint density at radius 1 is 1.53 bits per heavy atom. The summed E-state index contributed by atoms with van der Waals surface area (Å²) in [5.41, 5.74) is 2.50. The molecule has 2 aromatic heterocycles. The number of hydrogen-bond donors (Lipinski definition) is 1. The van der Waals surface area contributed by atoms with E-state index in [1.54, 1.807) is 7.11 Å². The van der Waals surface area contributed by atoms with E-state index in [9.17, 15) is 0 Å². The molecule has 0 bridgehead atoms. The number of rotatable bonds is 4. The Labute approximate surface area is 110 Å². The highest BCUT2D eigenvalue weighted by Gasteiger charge is 2.18. The predicted molar refractivity (Wildman–Crippen MR) is 66.0 cm³/mol. The molecule has 7 heteroatoms. The standard InChI is InChI=1S/C12H17N5O2/c1-18-8-11-14-12(19-16-11)7-17-4-2-3-10-9(6-17)5-13-15-10/h5H,2-4,6-8H2,1H3,(H,13,15). The Kier molecular flexibility index (Phi) is 3.56. The lowest BCUT2D eigenvalue weighted by atomic mass is 10.2. The molecule has 1 aliphatic rings. The molecule has 0 aliphatic carbocycles. The van der Waals surface area contributed by atoms with Crippen LogP contribution in [0.4, 0.5) is 0 Å². The first-order chi connectivity index (χ1) is 9.35. The molecule has 3 heterocycles. The number of aromatic nitrogens is 4. The van der Waals surface area contributed by atoms with Crippen LogP contribution >= 0.6 is 0 Å². The minimum absolute atomic E-state index is 0.384. The van der Waals surface area contributed by atoms with Crippen molar-refractivity contribution in [2.75, 3.05) is 13.7 Å². The minimum atomic E-state index is 0.384. The number of fused-ring (bicyclic) bond motifs is 1. The number of H-pyrrole nitrogens is 1. The summed E-state index contributed by atoms with van der Waals surface area (Å²) in [5, 5.41) is 11.0. The molecular weight excluding hydrogens is 246 g/mol. The topological polar surface area (TPSA) is 80.1 Å². The van der Waals surface area contributed by atoms with Crippen molar-refractivity contribution in [3.8, 4) is 0 Å². The van der Waals surface area contributed by atoms with Crippen LogP contribution in [0.15, 0.2) is 10.7 Å². The van der Waals surface area contributed by atoms with Gasteiger partial charge in [0.15, 0.2) is 5.82 Å². The van der Waals surface area contributed by atoms with E-state index >= 15 is 0 Å². The maximum absolute atomic E-state index is 5.22. The molecule has 1 N–H and O–H groups in total. The van der Waals surface area contributed by atoms with Gasteiger partial charge in [0.1, 0.15) is 6.61 Å². The number of hydrogen-bond acceptors (Lipinski definition) is 6. The number of aromatic amines is 1. The lowest BCUT2D eigenvalue weighted by molar-refractivity contribution is 0.174. The van der Waals surface area contributed by atoms with E-state index in [-0.39, 0.29) is 0 Å². The first kappa shape index (κ1) is 12.3. The predicted octanol–water partition coefficient (Wildman–Crippen LogP) is 0.887. The van der Waals surface area contributed by atoms with E-state index in [1.807, 2.05) is 6.20 Å². The van der Waals surface area contributed by atoms with Crippen molar-refractivity contribution >= 4 is 0 Å². The number of ether oxygens (including phenoxy) is 1. The average molecular weight is 263 g/mol. The van der Waals surface area contributed by atoms with E-state index in [4.69, 9.17) is 9.26 Å². The molecule has 102 valence electrons. The quantitative estimate of drug-likeness (QED) is 0.882. The van der Waals surface area contributed by atoms with Gasteiger partial charge in [0.2, 0.25) is 5.89 Å². The number of nitrogens with zero attached hydrogens (tertiary/aromatic N) is 4. The van der Waals surface area contributed by atoms with Gasteiger partial charge in [-0.05, 0) is 19.4 Å². The summed E-state index contributed by atoms with van der Waals surface area (Å²) in [4.78, 5) is 6.60. The van der Waals surface area contributed by atoms with Crippen LogP contribution in [0.5, 0.6) is 0 Å². The summed E-state index contributed by atoms with van der Waals surface area (Å²) in [7, 11) is 1.62. The van der Waals surface area contributed by atoms with Gasteiger partial charge in [-0.1, -0.05) is 5.16 Å². The van der Waals surface area contributed by atoms with Crippen LogP contribution in [0.1, 0.15) is 29.4 Å². The highest BCUT2D eigenvalue weighted by molar-refractivity contribution is 5.17. The maximum Gasteiger partial charge on any atom is 0.240 e. The normalized spacial score (nSPS) is 16.3. The van der Waals surface area contributed by atoms with Crippen molar-refractivity contribution in [2.24, 2.45) is 0 Å². The first-order valence-electron chi connectivity index (χ1n) is 6.39. The summed E-state index contributed by atoms with van der Waals surface area (Å²) >= 11 is 0. The molecule has 0 saturated carbocycles. The SMILES string of the molecule is COCc1noc(CN2CCCc3[nH]ncc3C2)n1. The molecule has 0 atom stereocenters. The third-order valence-corrected chi connectivity index (χ3v) is 3.25. The maximum atomic E-state index is 5.22. The van der Waals surface area contributed by atoms with Gasteiger partial charge in [-0.25, -0.2) is 0 Å². The van der Waals surface area contributed by atoms with Gasteiger partial charge >= 0.3 is 0 Å². The molecule has 0 radical (unpaired) electrons. The Morgan fingerprint density at radius 2 is 2.47 bits per heavy atom. The first-order valence-corrected chi connectivity index (χ1v) is 6.39. The summed E-state index contributed by atoms with van der Waals surface area (Å²) < 4.78 is 10.2. The van der Waals surface area contributed by atoms with Crippen molar-refractivity contribution < 1.29 is 9.26 Å². The summed E-state index contributed by atoms with van der Waals surface area (Å²) in [5.74, 6) is 1.23. The molecule has 3 rings (SSSR count). The minimum Gasteiger partial charge on any atom is -0.377 e. The summed E-state index contributed by atoms with van der Waals surface area (Å²) in [6.45, 7) is 2.94. The zero-order valence-corrected chi connectivity index (χ0v) is 10.9. The second-order valence-electron chi connectivity index (χ2n) is 4.73. The van der Waals surface area contributed by atoms with Gasteiger partial charge in [0.25, 0.3) is 0 Å². The van der Waals surface area contributed by atoms with Crippen LogP contribution < -0.4 is 0 Å². The second kappa shape index (κ2) is 5.50. The Bertz CT molecular complexity index is 536. The lowest BCUT2D eigenvalue weighted by Crippen LogP contribution is -2.22. The van der Waals surface area contributed by atoms with Crippen molar-refractivity contribution in [3.63, 3.8) is 0 Å². The fourth-order valence-electron chi connectivity index (χ4n) is 2.36. The van der Waals surface area contributed by atoms with Gasteiger partial charge in [-0.15, -0.1) is 0 Å². The van der Waals surface area contributed by atoms with E-state index in [1.165, 1.54) is 11.3 Å². The molecule has 0 aromatic carbocycles. The van der Waals surface area contributed by atoms with Crippen LogP contribution in [-0.2, 0) is 30.9 Å². The molecule has 1 aliphatic heterocycles. The monoisotopic (exact) mass is 263 g/mol. The molecule has 7 nitrogen and oxygen atoms in total. The molecule has 0 unspecified atom stereocenters. The molecule has 0 amide bonds. The van der Waals surface area contributed by atoms with Gasteiger partial charge in [0.05, 0.1) is 12.7 Å². The largest absolute Gasteiger partial charge is 0.377 e. The highest BCUT2D eigenvalue weighted by Crippen LogP contribution is 2.17. The van der Waals surface area contributed by atoms with Gasteiger partial charge < -0.3 is 9.26 Å². The fraction of sp³-hybridized carbons (Fsp3) is 0.583. The van der Waals surface area contributed by atoms with Crippen molar-refractivity contribution in [2.45, 2.75) is 32.5 Å². The number of methoxy groups -OCH3 is 1. The number of nitrogens with one attached hydrogen (secondary N) is 1. The third-order valence-electron chi connectivity index (χ3n) is 3.25. The molecule has 0 saturated heterocycles. The summed E-state index contributed by atoms with van der Waals surface area (Å²) in [6.07, 6.45) is 4.05. The van der Waals surface area contributed by atoms with Crippen molar-refractivity contribution in [3.05, 3.63) is 29.2 Å². The highest BCUT2D eigenvalue weighted by atomic mass is 16.5. The zero-order valence-electron chi connectivity index (χ0n) is 10.9. The van der Waals surface area contributed by atoms with Crippen LogP contribution in [0.3, 0.4) is 0 Å². The summed E-state index contributed by atoms with van der Waals surface area (Å²) in [6, 6.07) is 0. The zero-order chi connectivity index (χ0) is 13.1. The van der Waals surface area contributed by atoms with E-state index < -0.39 is 0 Å². The van der Waals surface area contributed by atoms with Gasteiger partial charge in [-0.2, -0.15) is 10.1 Å². The van der Waals surface area contributed by atoms with E-state index in [2.05, 4.69) is 25.2 Å². The number of aryl methyl sites for hydroxylation is 1. The van der Waals surface area contributed by atoms with Crippen LogP contribution in [0.25, 0.3) is 0 Å². The van der Waals surface area contributed by atoms with Crippen molar-refractivity contribution in [1.82, 2.24) is 25.2 Å². The molecule has 0 fully saturated rings. The van der Waals surface area contributed by atoms with Crippen LogP contribution in [0.2, 0.25) is 0 Å². The molecular formula is C12H17N5O2. The van der Waals surface area contributed by atoms with Crippen molar-refractivity contribution in [1.29, 1.82) is 0 Å². The Hall–Kier alpha value is -1.73. The van der Waals surface area contributed by atoms with Gasteiger partial charge in [0, 0.05) is 24.9 Å². The van der Waals surface area contributed by atoms with Crippen LogP contribution in [0, 0.1) is 0 Å². The smallest absolute Gasteiger partial charge is 0.240 e. The van der Waals surface area contributed by atoms with E-state index in [0.717, 1.165) is 25.9 Å². The third kappa shape index (κ3) is 2.82. The average Bonchev–Trinajstić information content (AvgIpc) is 2.97. The van der Waals surface area contributed by atoms with E-state index in [0.29, 0.717) is 24.9 Å². The fourth-order valence-corrected chi connectivity index (χ4v) is 2.36. The molecule has 2 aromatic rings. The Morgan fingerprint density at radius 3 is 3.37 bits per heavy atom. The Balaban J connectivity index is 1.66.